The smallest absolute Gasteiger partial charge is 0.313 e. The standard InChI is InChI=1S/C5H7ClN2O/c6-5(9)8-4-2-1-3-7/h1-2,4H2,(H,8,9). The van der Waals surface area contributed by atoms with Gasteiger partial charge in [0.2, 0.25) is 0 Å². The Labute approximate surface area is 58.6 Å². The molecule has 0 heterocycles. The molecule has 0 aromatic carbocycles. The largest absolute Gasteiger partial charge is 0.343 e. The molecular weight excluding hydrogens is 140 g/mol. The van der Waals surface area contributed by atoms with E-state index in [4.69, 9.17) is 16.9 Å². The van der Waals surface area contributed by atoms with Crippen LogP contribution in [0.4, 0.5) is 4.79 Å². The molecule has 0 aliphatic carbocycles. The van der Waals surface area contributed by atoms with Crippen molar-refractivity contribution in [3.63, 3.8) is 0 Å². The Morgan fingerprint density at radius 2 is 2.44 bits per heavy atom. The molecule has 0 aromatic rings. The number of amides is 1. The van der Waals surface area contributed by atoms with Crippen LogP contribution in [0.25, 0.3) is 0 Å². The lowest BCUT2D eigenvalue weighted by atomic mass is 10.3. The average Bonchev–Trinajstić information content (AvgIpc) is 1.80. The Balaban J connectivity index is 2.94. The van der Waals surface area contributed by atoms with Gasteiger partial charge in [-0.1, -0.05) is 0 Å². The highest BCUT2D eigenvalue weighted by atomic mass is 35.5. The number of nitrogens with one attached hydrogen (secondary N) is 1. The van der Waals surface area contributed by atoms with Crippen LogP contribution in [0.2, 0.25) is 0 Å². The van der Waals surface area contributed by atoms with Gasteiger partial charge >= 0.3 is 5.37 Å². The highest BCUT2D eigenvalue weighted by Gasteiger charge is 1.90. The summed E-state index contributed by atoms with van der Waals surface area (Å²) in [5.74, 6) is 0. The number of carbonyl (C=O) groups is 1. The Morgan fingerprint density at radius 3 is 2.89 bits per heavy atom. The summed E-state index contributed by atoms with van der Waals surface area (Å²) in [6.45, 7) is 0.482. The number of rotatable bonds is 3. The van der Waals surface area contributed by atoms with Gasteiger partial charge in [-0.05, 0) is 18.0 Å². The fraction of sp³-hybridized carbons (Fsp3) is 0.600. The van der Waals surface area contributed by atoms with Gasteiger partial charge in [0.25, 0.3) is 0 Å². The van der Waals surface area contributed by atoms with Gasteiger partial charge in [0.05, 0.1) is 6.07 Å². The molecule has 0 radical (unpaired) electrons. The third-order valence-corrected chi connectivity index (χ3v) is 0.863. The third kappa shape index (κ3) is 7.25. The molecule has 0 saturated carbocycles. The quantitative estimate of drug-likeness (QED) is 0.370. The molecule has 3 nitrogen and oxygen atoms in total. The van der Waals surface area contributed by atoms with Crippen LogP contribution < -0.4 is 5.32 Å². The summed E-state index contributed by atoms with van der Waals surface area (Å²) >= 11 is 4.92. The lowest BCUT2D eigenvalue weighted by Crippen LogP contribution is -2.17. The summed E-state index contributed by atoms with van der Waals surface area (Å²) < 4.78 is 0. The number of hydrogen-bond donors (Lipinski definition) is 1. The summed E-state index contributed by atoms with van der Waals surface area (Å²) in [6.07, 6.45) is 1.12. The van der Waals surface area contributed by atoms with E-state index >= 15 is 0 Å². The molecule has 0 rings (SSSR count). The maximum absolute atomic E-state index is 9.98. The Morgan fingerprint density at radius 1 is 1.78 bits per heavy atom. The molecule has 0 saturated heterocycles. The van der Waals surface area contributed by atoms with Gasteiger partial charge in [-0.2, -0.15) is 5.26 Å². The first-order valence-electron chi connectivity index (χ1n) is 2.57. The van der Waals surface area contributed by atoms with Gasteiger partial charge in [0.15, 0.2) is 0 Å². The van der Waals surface area contributed by atoms with E-state index < -0.39 is 5.37 Å². The number of hydrogen-bond acceptors (Lipinski definition) is 2. The molecule has 0 aliphatic heterocycles. The number of nitrogens with zero attached hydrogens (tertiary/aromatic N) is 1. The lowest BCUT2D eigenvalue weighted by Gasteiger charge is -1.93. The van der Waals surface area contributed by atoms with E-state index in [1.54, 1.807) is 0 Å². The van der Waals surface area contributed by atoms with Crippen molar-refractivity contribution in [1.82, 2.24) is 5.32 Å². The van der Waals surface area contributed by atoms with Crippen molar-refractivity contribution in [1.29, 1.82) is 5.26 Å². The summed E-state index contributed by atoms with van der Waals surface area (Å²) in [6, 6.07) is 1.95. The second-order valence-corrected chi connectivity index (χ2v) is 1.81. The molecule has 1 N–H and O–H groups in total. The van der Waals surface area contributed by atoms with Crippen LogP contribution in [0.1, 0.15) is 12.8 Å². The van der Waals surface area contributed by atoms with Gasteiger partial charge < -0.3 is 5.32 Å². The fourth-order valence-corrected chi connectivity index (χ4v) is 0.449. The van der Waals surface area contributed by atoms with Crippen LogP contribution in [0.3, 0.4) is 0 Å². The molecule has 0 unspecified atom stereocenters. The van der Waals surface area contributed by atoms with Crippen LogP contribution in [-0.2, 0) is 0 Å². The van der Waals surface area contributed by atoms with Crippen LogP contribution in [0.5, 0.6) is 0 Å². The molecule has 0 aromatic heterocycles. The fourth-order valence-electron chi connectivity index (χ4n) is 0.354. The maximum Gasteiger partial charge on any atom is 0.313 e. The number of halogens is 1. The normalized spacial score (nSPS) is 8.00. The maximum atomic E-state index is 9.98. The van der Waals surface area contributed by atoms with E-state index in [9.17, 15) is 4.79 Å². The molecule has 50 valence electrons. The van der Waals surface area contributed by atoms with Crippen LogP contribution in [0.15, 0.2) is 0 Å². The van der Waals surface area contributed by atoms with E-state index in [0.717, 1.165) is 0 Å². The van der Waals surface area contributed by atoms with Gasteiger partial charge in [0, 0.05) is 13.0 Å². The zero-order valence-corrected chi connectivity index (χ0v) is 5.61. The van der Waals surface area contributed by atoms with Crippen LogP contribution >= 0.6 is 11.6 Å². The molecule has 0 spiro atoms. The molecule has 9 heavy (non-hydrogen) atoms. The summed E-state index contributed by atoms with van der Waals surface area (Å²) in [5.41, 5.74) is 0. The topological polar surface area (TPSA) is 52.9 Å². The Hall–Kier alpha value is -0.750. The molecular formula is C5H7ClN2O. The summed E-state index contributed by atoms with van der Waals surface area (Å²) in [4.78, 5) is 9.98. The highest BCUT2D eigenvalue weighted by molar-refractivity contribution is 6.62. The van der Waals surface area contributed by atoms with E-state index in [1.165, 1.54) is 0 Å². The molecule has 0 bridgehead atoms. The highest BCUT2D eigenvalue weighted by Crippen LogP contribution is 1.84. The molecule has 0 aliphatic rings. The zero-order valence-electron chi connectivity index (χ0n) is 4.85. The van der Waals surface area contributed by atoms with E-state index in [0.29, 0.717) is 19.4 Å². The van der Waals surface area contributed by atoms with Crippen molar-refractivity contribution in [2.45, 2.75) is 12.8 Å². The van der Waals surface area contributed by atoms with Gasteiger partial charge in [-0.3, -0.25) is 4.79 Å². The second kappa shape index (κ2) is 5.39. The van der Waals surface area contributed by atoms with Crippen LogP contribution in [-0.4, -0.2) is 11.9 Å². The molecule has 0 fully saturated rings. The monoisotopic (exact) mass is 146 g/mol. The first kappa shape index (κ1) is 8.25. The van der Waals surface area contributed by atoms with Gasteiger partial charge in [-0.15, -0.1) is 0 Å². The zero-order chi connectivity index (χ0) is 7.11. The first-order chi connectivity index (χ1) is 4.27. The minimum atomic E-state index is -0.562. The minimum absolute atomic E-state index is 0.456. The van der Waals surface area contributed by atoms with Crippen molar-refractivity contribution in [2.24, 2.45) is 0 Å². The number of carbonyl (C=O) groups excluding carboxylic acids is 1. The third-order valence-electron chi connectivity index (χ3n) is 0.729. The Kier molecular flexibility index (Phi) is 4.94. The lowest BCUT2D eigenvalue weighted by molar-refractivity contribution is 0.259. The molecule has 4 heteroatoms. The van der Waals surface area contributed by atoms with Gasteiger partial charge in [-0.25, -0.2) is 0 Å². The van der Waals surface area contributed by atoms with Crippen molar-refractivity contribution in [3.05, 3.63) is 0 Å². The van der Waals surface area contributed by atoms with Crippen molar-refractivity contribution < 1.29 is 4.79 Å². The Bertz CT molecular complexity index is 129. The predicted octanol–water partition coefficient (Wildman–Crippen LogP) is 1.24. The SMILES string of the molecule is N#CCCCNC(=O)Cl. The van der Waals surface area contributed by atoms with E-state index in [1.807, 2.05) is 6.07 Å². The van der Waals surface area contributed by atoms with Crippen LogP contribution in [0, 0.1) is 11.3 Å². The number of unbranched alkanes of at least 4 members (excludes halogenated alkanes) is 1. The predicted molar refractivity (Wildman–Crippen MR) is 34.1 cm³/mol. The minimum Gasteiger partial charge on any atom is -0.343 e. The van der Waals surface area contributed by atoms with Crippen molar-refractivity contribution in [3.8, 4) is 6.07 Å². The van der Waals surface area contributed by atoms with Crippen molar-refractivity contribution >= 4 is 17.0 Å². The second-order valence-electron chi connectivity index (χ2n) is 1.46. The first-order valence-corrected chi connectivity index (χ1v) is 2.95. The van der Waals surface area contributed by atoms with E-state index in [-0.39, 0.29) is 0 Å². The number of nitriles is 1. The summed E-state index contributed by atoms with van der Waals surface area (Å²) in [7, 11) is 0. The molecule has 0 atom stereocenters. The van der Waals surface area contributed by atoms with Crippen molar-refractivity contribution in [2.75, 3.05) is 6.54 Å². The average molecular weight is 147 g/mol. The summed E-state index contributed by atoms with van der Waals surface area (Å²) in [5, 5.41) is 9.83. The van der Waals surface area contributed by atoms with Gasteiger partial charge in [0.1, 0.15) is 0 Å². The molecule has 1 amide bonds. The van der Waals surface area contributed by atoms with E-state index in [2.05, 4.69) is 5.32 Å².